The van der Waals surface area contributed by atoms with Crippen molar-refractivity contribution in [3.63, 3.8) is 0 Å². The minimum absolute atomic E-state index is 0.187. The van der Waals surface area contributed by atoms with Crippen LogP contribution < -0.4 is 14.4 Å². The smallest absolute Gasteiger partial charge is 0.338 e. The Morgan fingerprint density at radius 3 is 2.51 bits per heavy atom. The van der Waals surface area contributed by atoms with Crippen LogP contribution in [0.2, 0.25) is 0 Å². The van der Waals surface area contributed by atoms with Gasteiger partial charge in [0.25, 0.3) is 0 Å². The summed E-state index contributed by atoms with van der Waals surface area (Å²) >= 11 is 0. The average molecular weight is 471 g/mol. The van der Waals surface area contributed by atoms with Crippen LogP contribution in [0.3, 0.4) is 0 Å². The highest BCUT2D eigenvalue weighted by Gasteiger charge is 2.21. The summed E-state index contributed by atoms with van der Waals surface area (Å²) in [5.41, 5.74) is 3.77. The number of nitriles is 1. The molecule has 0 atom stereocenters. The summed E-state index contributed by atoms with van der Waals surface area (Å²) in [6.07, 6.45) is 4.62. The van der Waals surface area contributed by atoms with Gasteiger partial charge in [0.2, 0.25) is 0 Å². The highest BCUT2D eigenvalue weighted by molar-refractivity contribution is 5.91. The number of rotatable bonds is 9. The Balaban J connectivity index is 1.75. The lowest BCUT2D eigenvalue weighted by atomic mass is 10.1. The van der Waals surface area contributed by atoms with Crippen molar-refractivity contribution in [2.24, 2.45) is 0 Å². The predicted molar refractivity (Wildman–Crippen MR) is 135 cm³/mol. The fourth-order valence-electron chi connectivity index (χ4n) is 4.38. The number of carbonyl (C=O) groups is 1. The van der Waals surface area contributed by atoms with E-state index in [1.54, 1.807) is 26.2 Å². The van der Waals surface area contributed by atoms with Crippen molar-refractivity contribution >= 4 is 17.3 Å². The molecule has 0 heterocycles. The molecule has 4 rings (SSSR count). The van der Waals surface area contributed by atoms with E-state index in [0.29, 0.717) is 35.8 Å². The van der Waals surface area contributed by atoms with E-state index in [1.807, 2.05) is 54.6 Å². The average Bonchev–Trinajstić information content (AvgIpc) is 3.41. The van der Waals surface area contributed by atoms with Crippen LogP contribution in [-0.4, -0.2) is 25.8 Å². The van der Waals surface area contributed by atoms with Crippen LogP contribution in [0.5, 0.6) is 11.5 Å². The minimum Gasteiger partial charge on any atom is -0.493 e. The number of hydrogen-bond acceptors (Lipinski definition) is 6. The first-order valence-corrected chi connectivity index (χ1v) is 12.0. The summed E-state index contributed by atoms with van der Waals surface area (Å²) < 4.78 is 17.1. The van der Waals surface area contributed by atoms with Crippen LogP contribution in [0.15, 0.2) is 66.7 Å². The molecule has 6 heteroatoms. The molecular weight excluding hydrogens is 440 g/mol. The number of benzene rings is 3. The van der Waals surface area contributed by atoms with Gasteiger partial charge in [0, 0.05) is 24.0 Å². The molecule has 3 aromatic rings. The van der Waals surface area contributed by atoms with Gasteiger partial charge in [-0.2, -0.15) is 5.26 Å². The van der Waals surface area contributed by atoms with Gasteiger partial charge < -0.3 is 19.1 Å². The number of ether oxygens (including phenoxy) is 3. The van der Waals surface area contributed by atoms with Crippen molar-refractivity contribution in [1.29, 1.82) is 5.26 Å². The van der Waals surface area contributed by atoms with Crippen molar-refractivity contribution in [3.05, 3.63) is 83.4 Å². The number of carbonyl (C=O) groups excluding carboxylic acids is 1. The first-order valence-electron chi connectivity index (χ1n) is 12.0. The molecule has 1 aliphatic carbocycles. The summed E-state index contributed by atoms with van der Waals surface area (Å²) in [7, 11) is 1.64. The molecule has 3 aromatic carbocycles. The van der Waals surface area contributed by atoms with Crippen molar-refractivity contribution in [2.45, 2.75) is 45.3 Å². The van der Waals surface area contributed by atoms with Gasteiger partial charge in [-0.3, -0.25) is 0 Å². The number of nitrogens with zero attached hydrogens (tertiary/aromatic N) is 2. The van der Waals surface area contributed by atoms with Crippen molar-refractivity contribution < 1.29 is 19.0 Å². The second-order valence-corrected chi connectivity index (χ2v) is 8.53. The maximum absolute atomic E-state index is 12.4. The fourth-order valence-corrected chi connectivity index (χ4v) is 4.38. The molecule has 180 valence electrons. The predicted octanol–water partition coefficient (Wildman–Crippen LogP) is 6.40. The molecule has 0 amide bonds. The molecule has 1 fully saturated rings. The zero-order chi connectivity index (χ0) is 24.6. The molecular formula is C29H30N2O4. The zero-order valence-electron chi connectivity index (χ0n) is 20.2. The molecule has 0 spiro atoms. The third-order valence-corrected chi connectivity index (χ3v) is 6.12. The number of esters is 1. The molecule has 6 nitrogen and oxygen atoms in total. The van der Waals surface area contributed by atoms with E-state index in [1.165, 1.54) is 12.8 Å². The Labute approximate surface area is 206 Å². The lowest BCUT2D eigenvalue weighted by molar-refractivity contribution is 0.0526. The molecule has 0 saturated heterocycles. The Hall–Kier alpha value is -3.98. The van der Waals surface area contributed by atoms with E-state index in [2.05, 4.69) is 11.0 Å². The first kappa shape index (κ1) is 24.2. The van der Waals surface area contributed by atoms with E-state index < -0.39 is 0 Å². The second kappa shape index (κ2) is 11.4. The molecule has 0 aliphatic heterocycles. The van der Waals surface area contributed by atoms with E-state index >= 15 is 0 Å². The Morgan fingerprint density at radius 1 is 1.00 bits per heavy atom. The molecule has 0 aromatic heterocycles. The quantitative estimate of drug-likeness (QED) is 0.337. The molecule has 0 radical (unpaired) electrons. The van der Waals surface area contributed by atoms with Crippen LogP contribution in [0, 0.1) is 11.3 Å². The Morgan fingerprint density at radius 2 is 1.77 bits per heavy atom. The molecule has 0 N–H and O–H groups in total. The monoisotopic (exact) mass is 470 g/mol. The molecule has 35 heavy (non-hydrogen) atoms. The number of hydrogen-bond donors (Lipinski definition) is 0. The van der Waals surface area contributed by atoms with Crippen LogP contribution in [0.1, 0.15) is 54.1 Å². The van der Waals surface area contributed by atoms with Crippen LogP contribution >= 0.6 is 0 Å². The van der Waals surface area contributed by atoms with Gasteiger partial charge >= 0.3 is 5.97 Å². The van der Waals surface area contributed by atoms with Crippen LogP contribution in [-0.2, 0) is 11.3 Å². The van der Waals surface area contributed by atoms with Crippen LogP contribution in [0.4, 0.5) is 11.4 Å². The van der Waals surface area contributed by atoms with Gasteiger partial charge in [0.1, 0.15) is 0 Å². The third-order valence-electron chi connectivity index (χ3n) is 6.12. The minimum atomic E-state index is -0.360. The van der Waals surface area contributed by atoms with Gasteiger partial charge in [-0.15, -0.1) is 0 Å². The summed E-state index contributed by atoms with van der Waals surface area (Å²) in [5, 5.41) is 9.36. The van der Waals surface area contributed by atoms with Gasteiger partial charge in [-0.1, -0.05) is 18.2 Å². The summed E-state index contributed by atoms with van der Waals surface area (Å²) in [6.45, 7) is 2.60. The second-order valence-electron chi connectivity index (χ2n) is 8.53. The lowest BCUT2D eigenvalue weighted by Crippen LogP contribution is -2.18. The SMILES string of the molecule is CCOC(=O)c1cccc(N(Cc2cccc(C#N)c2)c2ccc(OC)c(OC3CCCC3)c2)c1. The standard InChI is InChI=1S/C29H30N2O4/c1-3-34-29(32)23-10-7-11-24(17-23)31(20-22-9-6-8-21(16-22)19-30)25-14-15-27(33-2)28(18-25)35-26-12-4-5-13-26/h6-11,14-18,26H,3-5,12-13,20H2,1-2H3. The van der Waals surface area contributed by atoms with Crippen LogP contribution in [0.25, 0.3) is 0 Å². The van der Waals surface area contributed by atoms with Crippen molar-refractivity contribution in [1.82, 2.24) is 0 Å². The molecule has 0 bridgehead atoms. The molecule has 1 saturated carbocycles. The maximum Gasteiger partial charge on any atom is 0.338 e. The van der Waals surface area contributed by atoms with Gasteiger partial charge in [0.15, 0.2) is 11.5 Å². The van der Waals surface area contributed by atoms with E-state index in [4.69, 9.17) is 14.2 Å². The zero-order valence-corrected chi connectivity index (χ0v) is 20.2. The Kier molecular flexibility index (Phi) is 7.89. The van der Waals surface area contributed by atoms with Gasteiger partial charge in [0.05, 0.1) is 37.0 Å². The summed E-state index contributed by atoms with van der Waals surface area (Å²) in [4.78, 5) is 14.5. The van der Waals surface area contributed by atoms with E-state index in [-0.39, 0.29) is 12.1 Å². The van der Waals surface area contributed by atoms with Crippen molar-refractivity contribution in [3.8, 4) is 17.6 Å². The molecule has 1 aliphatic rings. The largest absolute Gasteiger partial charge is 0.493 e. The maximum atomic E-state index is 12.4. The topological polar surface area (TPSA) is 71.8 Å². The summed E-state index contributed by atoms with van der Waals surface area (Å²) in [6, 6.07) is 23.0. The molecule has 0 unspecified atom stereocenters. The highest BCUT2D eigenvalue weighted by atomic mass is 16.5. The van der Waals surface area contributed by atoms with Gasteiger partial charge in [-0.25, -0.2) is 4.79 Å². The van der Waals surface area contributed by atoms with E-state index in [0.717, 1.165) is 29.8 Å². The highest BCUT2D eigenvalue weighted by Crippen LogP contribution is 2.38. The number of methoxy groups -OCH3 is 1. The van der Waals surface area contributed by atoms with Gasteiger partial charge in [-0.05, 0) is 80.6 Å². The van der Waals surface area contributed by atoms with E-state index in [9.17, 15) is 10.1 Å². The normalized spacial score (nSPS) is 13.2. The summed E-state index contributed by atoms with van der Waals surface area (Å²) in [5.74, 6) is 1.03. The Bertz CT molecular complexity index is 1210. The first-order chi connectivity index (χ1) is 17.1. The fraction of sp³-hybridized carbons (Fsp3) is 0.310. The number of anilines is 2. The third kappa shape index (κ3) is 5.93. The lowest BCUT2D eigenvalue weighted by Gasteiger charge is -2.27. The van der Waals surface area contributed by atoms with Crippen molar-refractivity contribution in [2.75, 3.05) is 18.6 Å².